The number of hydrogen-bond donors (Lipinski definition) is 2. The maximum absolute atomic E-state index is 12.0. The number of aromatic nitrogens is 2. The molecule has 1 aliphatic heterocycles. The van der Waals surface area contributed by atoms with Crippen LogP contribution in [0.15, 0.2) is 0 Å². The lowest BCUT2D eigenvalue weighted by atomic mass is 10.2. The molecule has 0 aliphatic carbocycles. The van der Waals surface area contributed by atoms with E-state index in [0.717, 1.165) is 43.1 Å². The zero-order valence-electron chi connectivity index (χ0n) is 12.7. The van der Waals surface area contributed by atoms with Crippen molar-refractivity contribution < 1.29 is 4.79 Å². The van der Waals surface area contributed by atoms with E-state index < -0.39 is 0 Å². The third-order valence-corrected chi connectivity index (χ3v) is 3.54. The Hall–Kier alpha value is -1.85. The average molecular weight is 277 g/mol. The summed E-state index contributed by atoms with van der Waals surface area (Å²) in [7, 11) is 1.83. The smallest absolute Gasteiger partial charge is 0.244 e. The molecule has 1 aliphatic rings. The topological polar surface area (TPSA) is 70.2 Å². The number of hydrogen-bond acceptors (Lipinski definition) is 5. The summed E-state index contributed by atoms with van der Waals surface area (Å²) in [6.07, 6.45) is 1.85. The molecule has 110 valence electrons. The third-order valence-electron chi connectivity index (χ3n) is 3.54. The van der Waals surface area contributed by atoms with Gasteiger partial charge in [-0.05, 0) is 26.7 Å². The van der Waals surface area contributed by atoms with Crippen molar-refractivity contribution in [2.75, 3.05) is 30.8 Å². The lowest BCUT2D eigenvalue weighted by Crippen LogP contribution is -2.31. The number of aryl methyl sites for hydroxylation is 1. The van der Waals surface area contributed by atoms with Crippen LogP contribution >= 0.6 is 0 Å². The average Bonchev–Trinajstić information content (AvgIpc) is 2.73. The zero-order chi connectivity index (χ0) is 14.7. The van der Waals surface area contributed by atoms with Gasteiger partial charge in [0, 0.05) is 25.7 Å². The zero-order valence-corrected chi connectivity index (χ0v) is 12.7. The summed E-state index contributed by atoms with van der Waals surface area (Å²) in [6, 6.07) is -0.174. The van der Waals surface area contributed by atoms with Crippen LogP contribution in [0, 0.1) is 13.8 Å². The summed E-state index contributed by atoms with van der Waals surface area (Å²) >= 11 is 0. The van der Waals surface area contributed by atoms with Gasteiger partial charge in [-0.3, -0.25) is 4.79 Å². The third kappa shape index (κ3) is 3.00. The van der Waals surface area contributed by atoms with Crippen LogP contribution in [0.3, 0.4) is 0 Å². The molecule has 0 bridgehead atoms. The van der Waals surface area contributed by atoms with Crippen LogP contribution in [-0.2, 0) is 4.79 Å². The minimum atomic E-state index is -0.174. The summed E-state index contributed by atoms with van der Waals surface area (Å²) in [5.41, 5.74) is 0.964. The van der Waals surface area contributed by atoms with Crippen LogP contribution in [0.1, 0.15) is 31.2 Å². The predicted octanol–water partition coefficient (Wildman–Crippen LogP) is 1.56. The molecule has 1 amide bonds. The Morgan fingerprint density at radius 1 is 1.30 bits per heavy atom. The molecule has 1 saturated heterocycles. The molecule has 1 aromatic heterocycles. The highest BCUT2D eigenvalue weighted by Crippen LogP contribution is 2.22. The van der Waals surface area contributed by atoms with E-state index in [4.69, 9.17) is 0 Å². The SMILES string of the molecule is CCCNc1nc(C)nc(NC2CCN(C)C2=O)c1C. The predicted molar refractivity (Wildman–Crippen MR) is 80.0 cm³/mol. The molecule has 1 aromatic rings. The number of likely N-dealkylation sites (tertiary alicyclic amines) is 1. The number of anilines is 2. The Balaban J connectivity index is 2.19. The van der Waals surface area contributed by atoms with Crippen LogP contribution in [0.2, 0.25) is 0 Å². The Morgan fingerprint density at radius 2 is 2.00 bits per heavy atom. The summed E-state index contributed by atoms with van der Waals surface area (Å²) < 4.78 is 0. The number of carbonyl (C=O) groups excluding carboxylic acids is 1. The van der Waals surface area contributed by atoms with Crippen molar-refractivity contribution in [3.63, 3.8) is 0 Å². The van der Waals surface area contributed by atoms with Crippen molar-refractivity contribution in [3.8, 4) is 0 Å². The normalized spacial score (nSPS) is 18.5. The summed E-state index contributed by atoms with van der Waals surface area (Å²) in [4.78, 5) is 22.6. The molecule has 6 heteroatoms. The van der Waals surface area contributed by atoms with Gasteiger partial charge in [-0.15, -0.1) is 0 Å². The van der Waals surface area contributed by atoms with E-state index in [2.05, 4.69) is 27.5 Å². The fraction of sp³-hybridized carbons (Fsp3) is 0.643. The molecule has 1 unspecified atom stereocenters. The van der Waals surface area contributed by atoms with Crippen LogP contribution in [0.4, 0.5) is 11.6 Å². The molecule has 0 aromatic carbocycles. The Bertz CT molecular complexity index is 503. The van der Waals surface area contributed by atoms with Crippen molar-refractivity contribution in [2.45, 2.75) is 39.7 Å². The summed E-state index contributed by atoms with van der Waals surface area (Å²) in [5, 5.41) is 6.57. The van der Waals surface area contributed by atoms with E-state index in [1.807, 2.05) is 20.9 Å². The van der Waals surface area contributed by atoms with E-state index in [1.165, 1.54) is 0 Å². The van der Waals surface area contributed by atoms with Crippen molar-refractivity contribution in [3.05, 3.63) is 11.4 Å². The van der Waals surface area contributed by atoms with Crippen LogP contribution < -0.4 is 10.6 Å². The highest BCUT2D eigenvalue weighted by Gasteiger charge is 2.29. The van der Waals surface area contributed by atoms with E-state index in [-0.39, 0.29) is 11.9 Å². The number of nitrogens with one attached hydrogen (secondary N) is 2. The van der Waals surface area contributed by atoms with Crippen molar-refractivity contribution >= 4 is 17.5 Å². The first-order valence-electron chi connectivity index (χ1n) is 7.13. The molecule has 0 radical (unpaired) electrons. The highest BCUT2D eigenvalue weighted by atomic mass is 16.2. The number of amides is 1. The molecule has 2 heterocycles. The molecule has 1 fully saturated rings. The Kier molecular flexibility index (Phi) is 4.42. The second-order valence-electron chi connectivity index (χ2n) is 5.27. The largest absolute Gasteiger partial charge is 0.370 e. The van der Waals surface area contributed by atoms with Gasteiger partial charge < -0.3 is 15.5 Å². The highest BCUT2D eigenvalue weighted by molar-refractivity contribution is 5.86. The van der Waals surface area contributed by atoms with Crippen LogP contribution in [-0.4, -0.2) is 47.0 Å². The first kappa shape index (κ1) is 14.6. The fourth-order valence-corrected chi connectivity index (χ4v) is 2.31. The molecule has 0 saturated carbocycles. The number of likely N-dealkylation sites (N-methyl/N-ethyl adjacent to an activating group) is 1. The minimum Gasteiger partial charge on any atom is -0.370 e. The van der Waals surface area contributed by atoms with E-state index in [0.29, 0.717) is 5.82 Å². The van der Waals surface area contributed by atoms with Gasteiger partial charge in [-0.25, -0.2) is 9.97 Å². The quantitative estimate of drug-likeness (QED) is 0.854. The number of nitrogens with zero attached hydrogens (tertiary/aromatic N) is 3. The lowest BCUT2D eigenvalue weighted by molar-refractivity contribution is -0.127. The number of rotatable bonds is 5. The van der Waals surface area contributed by atoms with Gasteiger partial charge in [0.2, 0.25) is 5.91 Å². The Morgan fingerprint density at radius 3 is 2.60 bits per heavy atom. The van der Waals surface area contributed by atoms with Crippen LogP contribution in [0.5, 0.6) is 0 Å². The fourth-order valence-electron chi connectivity index (χ4n) is 2.31. The Labute approximate surface area is 120 Å². The van der Waals surface area contributed by atoms with Crippen molar-refractivity contribution in [2.24, 2.45) is 0 Å². The van der Waals surface area contributed by atoms with Gasteiger partial charge in [0.05, 0.1) is 0 Å². The first-order valence-corrected chi connectivity index (χ1v) is 7.13. The van der Waals surface area contributed by atoms with Gasteiger partial charge >= 0.3 is 0 Å². The van der Waals surface area contributed by atoms with Crippen LogP contribution in [0.25, 0.3) is 0 Å². The molecule has 0 spiro atoms. The maximum Gasteiger partial charge on any atom is 0.244 e. The van der Waals surface area contributed by atoms with Gasteiger partial charge in [0.1, 0.15) is 23.5 Å². The summed E-state index contributed by atoms with van der Waals surface area (Å²) in [6.45, 7) is 7.62. The van der Waals surface area contributed by atoms with Crippen molar-refractivity contribution in [1.29, 1.82) is 0 Å². The molecular formula is C14H23N5O. The maximum atomic E-state index is 12.0. The molecular weight excluding hydrogens is 254 g/mol. The van der Waals surface area contributed by atoms with Gasteiger partial charge in [0.25, 0.3) is 0 Å². The molecule has 1 atom stereocenters. The first-order chi connectivity index (χ1) is 9.52. The molecule has 2 rings (SSSR count). The second kappa shape index (κ2) is 6.07. The monoisotopic (exact) mass is 277 g/mol. The molecule has 20 heavy (non-hydrogen) atoms. The van der Waals surface area contributed by atoms with E-state index >= 15 is 0 Å². The number of carbonyl (C=O) groups is 1. The molecule has 6 nitrogen and oxygen atoms in total. The standard InChI is InChI=1S/C14H23N5O/c1-5-7-15-12-9(2)13(17-10(3)16-12)18-11-6-8-19(4)14(11)20/h11H,5-8H2,1-4H3,(H2,15,16,17,18). The van der Waals surface area contributed by atoms with E-state index in [9.17, 15) is 4.79 Å². The molecule has 2 N–H and O–H groups in total. The lowest BCUT2D eigenvalue weighted by Gasteiger charge is -2.17. The minimum absolute atomic E-state index is 0.128. The second-order valence-corrected chi connectivity index (χ2v) is 5.27. The van der Waals surface area contributed by atoms with E-state index in [1.54, 1.807) is 4.90 Å². The summed E-state index contributed by atoms with van der Waals surface area (Å²) in [5.74, 6) is 2.43. The van der Waals surface area contributed by atoms with Crippen molar-refractivity contribution in [1.82, 2.24) is 14.9 Å². The van der Waals surface area contributed by atoms with Gasteiger partial charge in [0.15, 0.2) is 0 Å². The van der Waals surface area contributed by atoms with Gasteiger partial charge in [-0.1, -0.05) is 6.92 Å². The van der Waals surface area contributed by atoms with Gasteiger partial charge in [-0.2, -0.15) is 0 Å².